The number of benzene rings is 1. The van der Waals surface area contributed by atoms with Gasteiger partial charge in [-0.15, -0.1) is 0 Å². The summed E-state index contributed by atoms with van der Waals surface area (Å²) in [6, 6.07) is 6.10. The molecule has 1 aromatic carbocycles. The Balaban J connectivity index is 2.25. The lowest BCUT2D eigenvalue weighted by Crippen LogP contribution is -2.53. The molecule has 1 aliphatic heterocycles. The minimum Gasteiger partial charge on any atom is -0.467 e. The maximum absolute atomic E-state index is 13.3. The molecule has 1 heterocycles. The molecule has 0 aromatic heterocycles. The van der Waals surface area contributed by atoms with Crippen LogP contribution in [0.4, 0.5) is 10.1 Å². The van der Waals surface area contributed by atoms with E-state index in [0.717, 1.165) is 6.42 Å². The molecule has 1 fully saturated rings. The molecule has 5 heteroatoms. The summed E-state index contributed by atoms with van der Waals surface area (Å²) in [5.74, 6) is -0.669. The van der Waals surface area contributed by atoms with Gasteiger partial charge in [-0.2, -0.15) is 0 Å². The first kappa shape index (κ1) is 14.8. The standard InChI is InChI=1S/C15H20FNO3/c1-3-13-10-15(7-8-20-13,14(18)19-2)17-12-6-4-5-11(16)9-12/h4-6,9,13,17H,3,7-8,10H2,1-2H3. The molecule has 0 amide bonds. The van der Waals surface area contributed by atoms with Crippen molar-refractivity contribution in [3.05, 3.63) is 30.1 Å². The zero-order chi connectivity index (χ0) is 14.6. The molecule has 1 aliphatic rings. The van der Waals surface area contributed by atoms with Crippen LogP contribution in [0.5, 0.6) is 0 Å². The molecule has 1 aromatic rings. The van der Waals surface area contributed by atoms with E-state index >= 15 is 0 Å². The van der Waals surface area contributed by atoms with Gasteiger partial charge in [0.1, 0.15) is 11.4 Å². The number of hydrogen-bond acceptors (Lipinski definition) is 4. The van der Waals surface area contributed by atoms with E-state index < -0.39 is 5.54 Å². The molecule has 2 unspecified atom stereocenters. The van der Waals surface area contributed by atoms with Crippen LogP contribution in [0.2, 0.25) is 0 Å². The minimum absolute atomic E-state index is 0.00362. The summed E-state index contributed by atoms with van der Waals surface area (Å²) < 4.78 is 23.8. The lowest BCUT2D eigenvalue weighted by Gasteiger charge is -2.39. The lowest BCUT2D eigenvalue weighted by molar-refractivity contribution is -0.151. The molecule has 4 nitrogen and oxygen atoms in total. The van der Waals surface area contributed by atoms with E-state index in [1.54, 1.807) is 12.1 Å². The third-order valence-electron chi connectivity index (χ3n) is 3.70. The average molecular weight is 281 g/mol. The molecule has 1 N–H and O–H groups in total. The number of ether oxygens (including phenoxy) is 2. The van der Waals surface area contributed by atoms with Gasteiger partial charge in [0.15, 0.2) is 0 Å². The number of hydrogen-bond donors (Lipinski definition) is 1. The second kappa shape index (κ2) is 6.22. The highest BCUT2D eigenvalue weighted by Gasteiger charge is 2.44. The maximum Gasteiger partial charge on any atom is 0.331 e. The molecular formula is C15H20FNO3. The number of esters is 1. The Labute approximate surface area is 118 Å². The Morgan fingerprint density at radius 3 is 3.05 bits per heavy atom. The number of rotatable bonds is 4. The highest BCUT2D eigenvalue weighted by atomic mass is 19.1. The predicted molar refractivity (Wildman–Crippen MR) is 74.0 cm³/mol. The number of carbonyl (C=O) groups excluding carboxylic acids is 1. The van der Waals surface area contributed by atoms with Crippen molar-refractivity contribution in [2.24, 2.45) is 0 Å². The van der Waals surface area contributed by atoms with Gasteiger partial charge in [-0.25, -0.2) is 9.18 Å². The van der Waals surface area contributed by atoms with Crippen LogP contribution in [0, 0.1) is 5.82 Å². The summed E-state index contributed by atoms with van der Waals surface area (Å²) in [6.45, 7) is 2.50. The Morgan fingerprint density at radius 1 is 1.60 bits per heavy atom. The Kier molecular flexibility index (Phi) is 4.60. The van der Waals surface area contributed by atoms with Gasteiger partial charge in [0.05, 0.1) is 13.2 Å². The first-order chi connectivity index (χ1) is 9.59. The molecule has 0 spiro atoms. The fourth-order valence-corrected chi connectivity index (χ4v) is 2.60. The number of anilines is 1. The maximum atomic E-state index is 13.3. The quantitative estimate of drug-likeness (QED) is 0.862. The minimum atomic E-state index is -0.846. The van der Waals surface area contributed by atoms with Crippen molar-refractivity contribution >= 4 is 11.7 Å². The van der Waals surface area contributed by atoms with Crippen molar-refractivity contribution in [3.63, 3.8) is 0 Å². The van der Waals surface area contributed by atoms with Crippen molar-refractivity contribution < 1.29 is 18.7 Å². The Bertz CT molecular complexity index is 480. The van der Waals surface area contributed by atoms with E-state index in [-0.39, 0.29) is 17.9 Å². The van der Waals surface area contributed by atoms with Gasteiger partial charge < -0.3 is 14.8 Å². The lowest BCUT2D eigenvalue weighted by atomic mass is 9.85. The van der Waals surface area contributed by atoms with E-state index in [1.807, 2.05) is 6.92 Å². The second-order valence-electron chi connectivity index (χ2n) is 5.06. The summed E-state index contributed by atoms with van der Waals surface area (Å²) in [4.78, 5) is 12.2. The van der Waals surface area contributed by atoms with Gasteiger partial charge in [0, 0.05) is 25.1 Å². The van der Waals surface area contributed by atoms with Gasteiger partial charge >= 0.3 is 5.97 Å². The SMILES string of the molecule is CCC1CC(Nc2cccc(F)c2)(C(=O)OC)CCO1. The van der Waals surface area contributed by atoms with Crippen LogP contribution in [0.1, 0.15) is 26.2 Å². The summed E-state index contributed by atoms with van der Waals surface area (Å²) in [7, 11) is 1.37. The van der Waals surface area contributed by atoms with Crippen molar-refractivity contribution in [2.45, 2.75) is 37.8 Å². The van der Waals surface area contributed by atoms with Crippen LogP contribution in [-0.4, -0.2) is 31.3 Å². The largest absolute Gasteiger partial charge is 0.467 e. The van der Waals surface area contributed by atoms with E-state index in [9.17, 15) is 9.18 Å². The Morgan fingerprint density at radius 2 is 2.40 bits per heavy atom. The van der Waals surface area contributed by atoms with Crippen LogP contribution in [0.15, 0.2) is 24.3 Å². The highest BCUT2D eigenvalue weighted by Crippen LogP contribution is 2.31. The molecule has 0 bridgehead atoms. The Hall–Kier alpha value is -1.62. The first-order valence-electron chi connectivity index (χ1n) is 6.83. The van der Waals surface area contributed by atoms with Crippen LogP contribution < -0.4 is 5.32 Å². The van der Waals surface area contributed by atoms with Crippen molar-refractivity contribution in [1.82, 2.24) is 0 Å². The third-order valence-corrected chi connectivity index (χ3v) is 3.70. The summed E-state index contributed by atoms with van der Waals surface area (Å²) >= 11 is 0. The molecule has 110 valence electrons. The normalized spacial score (nSPS) is 26.1. The third kappa shape index (κ3) is 3.10. The molecule has 2 atom stereocenters. The molecule has 0 saturated carbocycles. The highest BCUT2D eigenvalue weighted by molar-refractivity contribution is 5.84. The van der Waals surface area contributed by atoms with E-state index in [4.69, 9.17) is 9.47 Å². The summed E-state index contributed by atoms with van der Waals surface area (Å²) in [6.07, 6.45) is 1.85. The van der Waals surface area contributed by atoms with Crippen LogP contribution >= 0.6 is 0 Å². The smallest absolute Gasteiger partial charge is 0.331 e. The monoisotopic (exact) mass is 281 g/mol. The molecule has 20 heavy (non-hydrogen) atoms. The molecule has 2 rings (SSSR count). The fourth-order valence-electron chi connectivity index (χ4n) is 2.60. The van der Waals surface area contributed by atoms with Gasteiger partial charge in [-0.1, -0.05) is 13.0 Å². The van der Waals surface area contributed by atoms with Gasteiger partial charge in [0.2, 0.25) is 0 Å². The summed E-state index contributed by atoms with van der Waals surface area (Å²) in [5, 5.41) is 3.16. The average Bonchev–Trinajstić information content (AvgIpc) is 2.46. The van der Waals surface area contributed by atoms with Crippen molar-refractivity contribution in [3.8, 4) is 0 Å². The van der Waals surface area contributed by atoms with Crippen LogP contribution in [-0.2, 0) is 14.3 Å². The van der Waals surface area contributed by atoms with E-state index in [0.29, 0.717) is 25.1 Å². The fraction of sp³-hybridized carbons (Fsp3) is 0.533. The number of nitrogens with one attached hydrogen (secondary N) is 1. The number of methoxy groups -OCH3 is 1. The molecular weight excluding hydrogens is 261 g/mol. The van der Waals surface area contributed by atoms with Crippen molar-refractivity contribution in [2.75, 3.05) is 19.0 Å². The zero-order valence-corrected chi connectivity index (χ0v) is 11.8. The van der Waals surface area contributed by atoms with Crippen molar-refractivity contribution in [1.29, 1.82) is 0 Å². The number of halogens is 1. The summed E-state index contributed by atoms with van der Waals surface area (Å²) in [5.41, 5.74) is -0.270. The second-order valence-corrected chi connectivity index (χ2v) is 5.06. The topological polar surface area (TPSA) is 47.6 Å². The van der Waals surface area contributed by atoms with Gasteiger partial charge in [-0.3, -0.25) is 0 Å². The van der Waals surface area contributed by atoms with Gasteiger partial charge in [0.25, 0.3) is 0 Å². The van der Waals surface area contributed by atoms with Gasteiger partial charge in [-0.05, 0) is 24.6 Å². The molecule has 1 saturated heterocycles. The predicted octanol–water partition coefficient (Wildman–Crippen LogP) is 2.74. The zero-order valence-electron chi connectivity index (χ0n) is 11.8. The van der Waals surface area contributed by atoms with E-state index in [1.165, 1.54) is 19.2 Å². The molecule has 0 aliphatic carbocycles. The van der Waals surface area contributed by atoms with E-state index in [2.05, 4.69) is 5.32 Å². The molecule has 0 radical (unpaired) electrons. The van der Waals surface area contributed by atoms with Crippen LogP contribution in [0.25, 0.3) is 0 Å². The first-order valence-corrected chi connectivity index (χ1v) is 6.83. The van der Waals surface area contributed by atoms with Crippen LogP contribution in [0.3, 0.4) is 0 Å². The number of carbonyl (C=O) groups is 1.